The number of benzene rings is 1. The van der Waals surface area contributed by atoms with E-state index in [2.05, 4.69) is 5.32 Å². The molecule has 1 aromatic carbocycles. The van der Waals surface area contributed by atoms with E-state index in [9.17, 15) is 4.79 Å². The minimum atomic E-state index is -0.590. The monoisotopic (exact) mass is 235 g/mol. The van der Waals surface area contributed by atoms with Crippen molar-refractivity contribution >= 4 is 5.78 Å². The van der Waals surface area contributed by atoms with E-state index in [-0.39, 0.29) is 5.78 Å². The predicted octanol–water partition coefficient (Wildman–Crippen LogP) is 2.49. The molecule has 0 aliphatic rings. The third-order valence-electron chi connectivity index (χ3n) is 3.06. The molecule has 0 atom stereocenters. The molecule has 1 N–H and O–H groups in total. The number of ketones is 1. The molecule has 0 amide bonds. The lowest BCUT2D eigenvalue weighted by molar-refractivity contribution is 0.0886. The number of carbonyl (C=O) groups is 1. The van der Waals surface area contributed by atoms with Crippen molar-refractivity contribution in [3.63, 3.8) is 0 Å². The SMILES string of the molecule is CNC(C)(C)C(=O)c1cc(C)cc(C)c1OC. The van der Waals surface area contributed by atoms with Crippen molar-refractivity contribution in [3.8, 4) is 5.75 Å². The zero-order valence-electron chi connectivity index (χ0n) is 11.5. The second-order valence-electron chi connectivity index (χ2n) is 4.87. The molecule has 0 heterocycles. The first kappa shape index (κ1) is 13.7. The molecular formula is C14H21NO2. The van der Waals surface area contributed by atoms with Gasteiger partial charge in [0.25, 0.3) is 0 Å². The maximum atomic E-state index is 12.4. The number of Topliss-reactive ketones (excluding diaryl/α,β-unsaturated/α-hetero) is 1. The fraction of sp³-hybridized carbons (Fsp3) is 0.500. The Balaban J connectivity index is 3.35. The molecule has 94 valence electrons. The van der Waals surface area contributed by atoms with Gasteiger partial charge in [-0.1, -0.05) is 6.07 Å². The molecule has 0 aromatic heterocycles. The van der Waals surface area contributed by atoms with Crippen molar-refractivity contribution in [2.45, 2.75) is 33.2 Å². The van der Waals surface area contributed by atoms with Crippen LogP contribution in [0.5, 0.6) is 5.75 Å². The second kappa shape index (κ2) is 4.88. The summed E-state index contributed by atoms with van der Waals surface area (Å²) < 4.78 is 5.34. The Kier molecular flexibility index (Phi) is 3.94. The van der Waals surface area contributed by atoms with Gasteiger partial charge in [-0.15, -0.1) is 0 Å². The van der Waals surface area contributed by atoms with E-state index < -0.39 is 5.54 Å². The van der Waals surface area contributed by atoms with E-state index in [1.807, 2.05) is 39.8 Å². The Morgan fingerprint density at radius 3 is 2.35 bits per heavy atom. The number of ether oxygens (including phenoxy) is 1. The van der Waals surface area contributed by atoms with Crippen molar-refractivity contribution in [2.75, 3.05) is 14.2 Å². The van der Waals surface area contributed by atoms with Crippen LogP contribution < -0.4 is 10.1 Å². The quantitative estimate of drug-likeness (QED) is 0.815. The molecule has 0 unspecified atom stereocenters. The summed E-state index contributed by atoms with van der Waals surface area (Å²) in [6.45, 7) is 7.67. The number of carbonyl (C=O) groups excluding carboxylic acids is 1. The van der Waals surface area contributed by atoms with Crippen LogP contribution in [-0.2, 0) is 0 Å². The molecule has 0 fully saturated rings. The van der Waals surface area contributed by atoms with Gasteiger partial charge in [0.05, 0.1) is 18.2 Å². The van der Waals surface area contributed by atoms with Crippen LogP contribution in [0, 0.1) is 13.8 Å². The smallest absolute Gasteiger partial charge is 0.186 e. The molecule has 1 rings (SSSR count). The first-order valence-corrected chi connectivity index (χ1v) is 5.72. The zero-order chi connectivity index (χ0) is 13.2. The van der Waals surface area contributed by atoms with Gasteiger partial charge in [0, 0.05) is 0 Å². The van der Waals surface area contributed by atoms with Gasteiger partial charge in [0.1, 0.15) is 5.75 Å². The Morgan fingerprint density at radius 1 is 1.29 bits per heavy atom. The van der Waals surface area contributed by atoms with Crippen molar-refractivity contribution in [1.82, 2.24) is 5.32 Å². The van der Waals surface area contributed by atoms with Gasteiger partial charge in [0.2, 0.25) is 0 Å². The van der Waals surface area contributed by atoms with Crippen LogP contribution in [0.1, 0.15) is 35.3 Å². The first-order valence-electron chi connectivity index (χ1n) is 5.72. The lowest BCUT2D eigenvalue weighted by atomic mass is 9.90. The summed E-state index contributed by atoms with van der Waals surface area (Å²) in [6.07, 6.45) is 0. The predicted molar refractivity (Wildman–Crippen MR) is 69.9 cm³/mol. The number of nitrogens with one attached hydrogen (secondary N) is 1. The van der Waals surface area contributed by atoms with Crippen LogP contribution in [0.15, 0.2) is 12.1 Å². The molecule has 0 aliphatic carbocycles. The summed E-state index contributed by atoms with van der Waals surface area (Å²) in [6, 6.07) is 3.90. The van der Waals surface area contributed by atoms with E-state index in [0.717, 1.165) is 11.1 Å². The average molecular weight is 235 g/mol. The van der Waals surface area contributed by atoms with Crippen LogP contribution in [-0.4, -0.2) is 25.5 Å². The van der Waals surface area contributed by atoms with Crippen molar-refractivity contribution in [3.05, 3.63) is 28.8 Å². The van der Waals surface area contributed by atoms with Gasteiger partial charge in [-0.05, 0) is 51.9 Å². The number of likely N-dealkylation sites (N-methyl/N-ethyl adjacent to an activating group) is 1. The van der Waals surface area contributed by atoms with Gasteiger partial charge in [-0.2, -0.15) is 0 Å². The summed E-state index contributed by atoms with van der Waals surface area (Å²) in [4.78, 5) is 12.4. The van der Waals surface area contributed by atoms with E-state index in [1.54, 1.807) is 14.2 Å². The molecule has 0 aliphatic heterocycles. The van der Waals surface area contributed by atoms with Crippen LogP contribution in [0.3, 0.4) is 0 Å². The molecule has 0 saturated carbocycles. The van der Waals surface area contributed by atoms with Crippen LogP contribution in [0.4, 0.5) is 0 Å². The number of aryl methyl sites for hydroxylation is 2. The highest BCUT2D eigenvalue weighted by molar-refractivity contribution is 6.05. The Labute approximate surface area is 103 Å². The third kappa shape index (κ3) is 2.67. The fourth-order valence-electron chi connectivity index (χ4n) is 1.84. The van der Waals surface area contributed by atoms with Crippen LogP contribution in [0.2, 0.25) is 0 Å². The maximum Gasteiger partial charge on any atom is 0.186 e. The minimum absolute atomic E-state index is 0.0450. The fourth-order valence-corrected chi connectivity index (χ4v) is 1.84. The van der Waals surface area contributed by atoms with E-state index in [0.29, 0.717) is 11.3 Å². The van der Waals surface area contributed by atoms with Gasteiger partial charge < -0.3 is 10.1 Å². The topological polar surface area (TPSA) is 38.3 Å². The highest BCUT2D eigenvalue weighted by Gasteiger charge is 2.29. The number of methoxy groups -OCH3 is 1. The van der Waals surface area contributed by atoms with Gasteiger partial charge in [-0.25, -0.2) is 0 Å². The highest BCUT2D eigenvalue weighted by Crippen LogP contribution is 2.28. The molecule has 0 saturated heterocycles. The van der Waals surface area contributed by atoms with Gasteiger partial charge >= 0.3 is 0 Å². The molecule has 0 bridgehead atoms. The lowest BCUT2D eigenvalue weighted by Crippen LogP contribution is -2.44. The first-order chi connectivity index (χ1) is 7.83. The van der Waals surface area contributed by atoms with Gasteiger partial charge in [-0.3, -0.25) is 4.79 Å². The zero-order valence-corrected chi connectivity index (χ0v) is 11.5. The number of rotatable bonds is 4. The number of hydrogen-bond acceptors (Lipinski definition) is 3. The summed E-state index contributed by atoms with van der Waals surface area (Å²) >= 11 is 0. The highest BCUT2D eigenvalue weighted by atomic mass is 16.5. The lowest BCUT2D eigenvalue weighted by Gasteiger charge is -2.24. The Hall–Kier alpha value is -1.35. The molecule has 17 heavy (non-hydrogen) atoms. The number of hydrogen-bond donors (Lipinski definition) is 1. The van der Waals surface area contributed by atoms with E-state index >= 15 is 0 Å². The minimum Gasteiger partial charge on any atom is -0.496 e. The summed E-state index contributed by atoms with van der Waals surface area (Å²) in [5.41, 5.74) is 2.11. The van der Waals surface area contributed by atoms with Gasteiger partial charge in [0.15, 0.2) is 5.78 Å². The molecule has 1 aromatic rings. The molecule has 0 spiro atoms. The molecule has 0 radical (unpaired) electrons. The van der Waals surface area contributed by atoms with Crippen LogP contribution >= 0.6 is 0 Å². The average Bonchev–Trinajstić information content (AvgIpc) is 2.27. The van der Waals surface area contributed by atoms with Crippen molar-refractivity contribution in [2.24, 2.45) is 0 Å². The largest absolute Gasteiger partial charge is 0.496 e. The Morgan fingerprint density at radius 2 is 1.88 bits per heavy atom. The summed E-state index contributed by atoms with van der Waals surface area (Å²) in [7, 11) is 3.38. The Bertz CT molecular complexity index is 436. The normalized spacial score (nSPS) is 11.4. The molecule has 3 heteroatoms. The third-order valence-corrected chi connectivity index (χ3v) is 3.06. The van der Waals surface area contributed by atoms with Crippen molar-refractivity contribution < 1.29 is 9.53 Å². The maximum absolute atomic E-state index is 12.4. The standard InChI is InChI=1S/C14H21NO2/c1-9-7-10(2)12(17-6)11(8-9)13(16)14(3,4)15-5/h7-8,15H,1-6H3. The van der Waals surface area contributed by atoms with Crippen LogP contribution in [0.25, 0.3) is 0 Å². The summed E-state index contributed by atoms with van der Waals surface area (Å²) in [5, 5.41) is 3.02. The van der Waals surface area contributed by atoms with E-state index in [1.165, 1.54) is 0 Å². The van der Waals surface area contributed by atoms with E-state index in [4.69, 9.17) is 4.74 Å². The second-order valence-corrected chi connectivity index (χ2v) is 4.87. The molecular weight excluding hydrogens is 214 g/mol. The van der Waals surface area contributed by atoms with Crippen molar-refractivity contribution in [1.29, 1.82) is 0 Å². The molecule has 3 nitrogen and oxygen atoms in total. The summed E-state index contributed by atoms with van der Waals surface area (Å²) in [5.74, 6) is 0.715.